The first-order chi connectivity index (χ1) is 11.0. The Morgan fingerprint density at radius 2 is 1.87 bits per heavy atom. The highest BCUT2D eigenvalue weighted by atomic mass is 16.6. The van der Waals surface area contributed by atoms with Gasteiger partial charge in [-0.3, -0.25) is 9.59 Å². The quantitative estimate of drug-likeness (QED) is 0.484. The van der Waals surface area contributed by atoms with Crippen molar-refractivity contribution in [2.24, 2.45) is 0 Å². The number of hydrogen-bond donors (Lipinski definition) is 0. The summed E-state index contributed by atoms with van der Waals surface area (Å²) in [6.45, 7) is 2.63. The monoisotopic (exact) mass is 314 g/mol. The molecule has 0 spiro atoms. The number of rotatable bonds is 3. The summed E-state index contributed by atoms with van der Waals surface area (Å²) in [4.78, 5) is 22.1. The zero-order valence-corrected chi connectivity index (χ0v) is 13.0. The molecule has 0 aromatic heterocycles. The van der Waals surface area contributed by atoms with E-state index in [2.05, 4.69) is 11.8 Å². The van der Waals surface area contributed by atoms with E-state index in [1.807, 2.05) is 30.3 Å². The van der Waals surface area contributed by atoms with Gasteiger partial charge < -0.3 is 14.2 Å². The molecule has 0 saturated carbocycles. The molecular weight excluding hydrogens is 296 g/mol. The average molecular weight is 314 g/mol. The highest BCUT2D eigenvalue weighted by Gasteiger charge is 2.29. The standard InChI is InChI=1S/C18H18O5/c1-13(19)21-12-18-17(22-14(2)20)11-10-16(23-18)9-8-15-6-4-3-5-7-15/h3-7,10-11,16-18H,12H2,1-2H3/t16?,17-,18-/m0/s1. The Hall–Kier alpha value is -2.58. The van der Waals surface area contributed by atoms with Gasteiger partial charge in [0.25, 0.3) is 0 Å². The molecule has 0 N–H and O–H groups in total. The Bertz CT molecular complexity index is 638. The minimum Gasteiger partial charge on any atom is -0.463 e. The third-order valence-corrected chi connectivity index (χ3v) is 3.05. The second-order valence-corrected chi connectivity index (χ2v) is 4.99. The van der Waals surface area contributed by atoms with Crippen molar-refractivity contribution >= 4 is 11.9 Å². The summed E-state index contributed by atoms with van der Waals surface area (Å²) in [5.41, 5.74) is 0.878. The van der Waals surface area contributed by atoms with Crippen LogP contribution in [-0.4, -0.2) is 36.9 Å². The molecule has 1 heterocycles. The smallest absolute Gasteiger partial charge is 0.303 e. The van der Waals surface area contributed by atoms with Gasteiger partial charge in [0.1, 0.15) is 24.9 Å². The lowest BCUT2D eigenvalue weighted by Crippen LogP contribution is -2.41. The maximum absolute atomic E-state index is 11.1. The van der Waals surface area contributed by atoms with Gasteiger partial charge in [-0.15, -0.1) is 0 Å². The fraction of sp³-hybridized carbons (Fsp3) is 0.333. The SMILES string of the molecule is CC(=O)OC[C@@H]1OC(C#Cc2ccccc2)C=C[C@@H]1OC(C)=O. The molecule has 1 unspecified atom stereocenters. The van der Waals surface area contributed by atoms with Crippen LogP contribution in [0.25, 0.3) is 0 Å². The Morgan fingerprint density at radius 3 is 2.52 bits per heavy atom. The van der Waals surface area contributed by atoms with E-state index >= 15 is 0 Å². The van der Waals surface area contributed by atoms with Crippen LogP contribution in [0.15, 0.2) is 42.5 Å². The molecule has 0 aliphatic carbocycles. The molecule has 1 aromatic rings. The van der Waals surface area contributed by atoms with E-state index in [4.69, 9.17) is 14.2 Å². The number of carbonyl (C=O) groups is 2. The molecule has 120 valence electrons. The number of carbonyl (C=O) groups excluding carboxylic acids is 2. The lowest BCUT2D eigenvalue weighted by Gasteiger charge is -2.29. The van der Waals surface area contributed by atoms with Gasteiger partial charge >= 0.3 is 11.9 Å². The van der Waals surface area contributed by atoms with E-state index in [0.29, 0.717) is 0 Å². The van der Waals surface area contributed by atoms with E-state index in [1.165, 1.54) is 13.8 Å². The molecule has 1 aliphatic heterocycles. The predicted molar refractivity (Wildman–Crippen MR) is 83.3 cm³/mol. The molecule has 0 bridgehead atoms. The van der Waals surface area contributed by atoms with Gasteiger partial charge in [0.05, 0.1) is 0 Å². The number of benzene rings is 1. The van der Waals surface area contributed by atoms with Crippen molar-refractivity contribution in [3.63, 3.8) is 0 Å². The van der Waals surface area contributed by atoms with Gasteiger partial charge in [0.15, 0.2) is 0 Å². The van der Waals surface area contributed by atoms with Crippen LogP contribution in [0.5, 0.6) is 0 Å². The number of hydrogen-bond acceptors (Lipinski definition) is 5. The van der Waals surface area contributed by atoms with E-state index in [9.17, 15) is 9.59 Å². The Labute approximate surface area is 135 Å². The fourth-order valence-corrected chi connectivity index (χ4v) is 2.04. The molecular formula is C18H18O5. The van der Waals surface area contributed by atoms with Crippen molar-refractivity contribution in [1.29, 1.82) is 0 Å². The van der Waals surface area contributed by atoms with Gasteiger partial charge in [-0.25, -0.2) is 0 Å². The molecule has 5 nitrogen and oxygen atoms in total. The van der Waals surface area contributed by atoms with Crippen molar-refractivity contribution < 1.29 is 23.8 Å². The highest BCUT2D eigenvalue weighted by molar-refractivity contribution is 5.67. The van der Waals surface area contributed by atoms with E-state index in [1.54, 1.807) is 12.2 Å². The van der Waals surface area contributed by atoms with E-state index in [-0.39, 0.29) is 6.61 Å². The molecule has 1 aromatic carbocycles. The third kappa shape index (κ3) is 5.61. The minimum absolute atomic E-state index is 0.00113. The summed E-state index contributed by atoms with van der Waals surface area (Å²) in [7, 11) is 0. The normalized spacial score (nSPS) is 22.6. The van der Waals surface area contributed by atoms with Crippen molar-refractivity contribution in [2.75, 3.05) is 6.61 Å². The molecule has 3 atom stereocenters. The lowest BCUT2D eigenvalue weighted by molar-refractivity contribution is -0.161. The van der Waals surface area contributed by atoms with Crippen molar-refractivity contribution in [3.05, 3.63) is 48.0 Å². The van der Waals surface area contributed by atoms with Crippen molar-refractivity contribution in [2.45, 2.75) is 32.2 Å². The first-order valence-electron chi connectivity index (χ1n) is 7.25. The lowest BCUT2D eigenvalue weighted by atomic mass is 10.1. The summed E-state index contributed by atoms with van der Waals surface area (Å²) in [6.07, 6.45) is 1.81. The summed E-state index contributed by atoms with van der Waals surface area (Å²) in [6, 6.07) is 9.53. The molecule has 23 heavy (non-hydrogen) atoms. The van der Waals surface area contributed by atoms with E-state index in [0.717, 1.165) is 5.56 Å². The Kier molecular flexibility index (Phi) is 5.95. The zero-order valence-electron chi connectivity index (χ0n) is 13.0. The Balaban J connectivity index is 2.07. The minimum atomic E-state index is -0.596. The van der Waals surface area contributed by atoms with Crippen LogP contribution < -0.4 is 0 Å². The van der Waals surface area contributed by atoms with Crippen molar-refractivity contribution in [3.8, 4) is 11.8 Å². The molecule has 2 rings (SSSR count). The van der Waals surface area contributed by atoms with Gasteiger partial charge in [0.2, 0.25) is 0 Å². The van der Waals surface area contributed by atoms with Crippen LogP contribution in [0.4, 0.5) is 0 Å². The van der Waals surface area contributed by atoms with Crippen LogP contribution in [0.1, 0.15) is 19.4 Å². The van der Waals surface area contributed by atoms with Crippen LogP contribution in [0.3, 0.4) is 0 Å². The second kappa shape index (κ2) is 8.16. The van der Waals surface area contributed by atoms with Gasteiger partial charge in [0, 0.05) is 19.4 Å². The molecule has 0 saturated heterocycles. The summed E-state index contributed by atoms with van der Waals surface area (Å²) < 4.78 is 15.9. The second-order valence-electron chi connectivity index (χ2n) is 4.99. The van der Waals surface area contributed by atoms with Crippen LogP contribution in [0, 0.1) is 11.8 Å². The summed E-state index contributed by atoms with van der Waals surface area (Å²) >= 11 is 0. The molecule has 0 radical (unpaired) electrons. The zero-order chi connectivity index (χ0) is 16.7. The number of esters is 2. The fourth-order valence-electron chi connectivity index (χ4n) is 2.04. The molecule has 0 amide bonds. The van der Waals surface area contributed by atoms with Gasteiger partial charge in [-0.05, 0) is 24.3 Å². The topological polar surface area (TPSA) is 61.8 Å². The third-order valence-electron chi connectivity index (χ3n) is 3.05. The van der Waals surface area contributed by atoms with E-state index < -0.39 is 30.3 Å². The summed E-state index contributed by atoms with van der Waals surface area (Å²) in [5.74, 6) is 5.16. The highest BCUT2D eigenvalue weighted by Crippen LogP contribution is 2.17. The van der Waals surface area contributed by atoms with Crippen molar-refractivity contribution in [1.82, 2.24) is 0 Å². The first kappa shape index (κ1) is 16.8. The van der Waals surface area contributed by atoms with Crippen LogP contribution in [0.2, 0.25) is 0 Å². The van der Waals surface area contributed by atoms with Gasteiger partial charge in [-0.1, -0.05) is 30.0 Å². The average Bonchev–Trinajstić information content (AvgIpc) is 2.53. The Morgan fingerprint density at radius 1 is 1.13 bits per heavy atom. The van der Waals surface area contributed by atoms with Gasteiger partial charge in [-0.2, -0.15) is 0 Å². The van der Waals surface area contributed by atoms with Crippen LogP contribution >= 0.6 is 0 Å². The molecule has 1 aliphatic rings. The predicted octanol–water partition coefficient (Wildman–Crippen LogP) is 1.86. The first-order valence-corrected chi connectivity index (χ1v) is 7.25. The molecule has 0 fully saturated rings. The summed E-state index contributed by atoms with van der Waals surface area (Å²) in [5, 5.41) is 0. The maximum Gasteiger partial charge on any atom is 0.303 e. The maximum atomic E-state index is 11.1. The van der Waals surface area contributed by atoms with Crippen LogP contribution in [-0.2, 0) is 23.8 Å². The number of ether oxygens (including phenoxy) is 3. The molecule has 5 heteroatoms. The largest absolute Gasteiger partial charge is 0.463 e.